The Morgan fingerprint density at radius 2 is 2.24 bits per heavy atom. The molecular formula is C12H17ClN2O2. The Bertz CT molecular complexity index is 394. The Morgan fingerprint density at radius 3 is 2.82 bits per heavy atom. The predicted octanol–water partition coefficient (Wildman–Crippen LogP) is 3.28. The number of anilines is 1. The Balaban J connectivity index is 2.56. The van der Waals surface area contributed by atoms with Crippen molar-refractivity contribution < 1.29 is 9.90 Å². The maximum Gasteiger partial charge on any atom is 0.335 e. The van der Waals surface area contributed by atoms with Crippen molar-refractivity contribution >= 4 is 23.4 Å². The van der Waals surface area contributed by atoms with E-state index in [4.69, 9.17) is 16.7 Å². The molecule has 5 heteroatoms. The molecule has 0 atom stereocenters. The number of aromatic nitrogens is 1. The number of nitrogens with zero attached hydrogens (tertiary/aromatic N) is 1. The molecule has 0 spiro atoms. The summed E-state index contributed by atoms with van der Waals surface area (Å²) < 4.78 is 0. The summed E-state index contributed by atoms with van der Waals surface area (Å²) in [4.78, 5) is 14.8. The fraction of sp³-hybridized carbons (Fsp3) is 0.500. The van der Waals surface area contributed by atoms with E-state index in [1.54, 1.807) is 0 Å². The summed E-state index contributed by atoms with van der Waals surface area (Å²) in [5.41, 5.74) is 0.149. The van der Waals surface area contributed by atoms with Crippen LogP contribution in [0.5, 0.6) is 0 Å². The van der Waals surface area contributed by atoms with Crippen molar-refractivity contribution in [3.63, 3.8) is 0 Å². The number of hydrogen-bond donors (Lipinski definition) is 2. The van der Waals surface area contributed by atoms with Gasteiger partial charge in [0.05, 0.1) is 5.56 Å². The van der Waals surface area contributed by atoms with Crippen LogP contribution in [0.4, 0.5) is 5.82 Å². The van der Waals surface area contributed by atoms with Crippen LogP contribution in [0.15, 0.2) is 12.1 Å². The van der Waals surface area contributed by atoms with E-state index in [0.717, 1.165) is 19.4 Å². The summed E-state index contributed by atoms with van der Waals surface area (Å²) in [5.74, 6) is 0.178. The maximum absolute atomic E-state index is 10.8. The molecule has 0 saturated carbocycles. The fourth-order valence-corrected chi connectivity index (χ4v) is 1.65. The van der Waals surface area contributed by atoms with Crippen molar-refractivity contribution in [1.82, 2.24) is 4.98 Å². The fourth-order valence-electron chi connectivity index (χ4n) is 1.44. The van der Waals surface area contributed by atoms with Gasteiger partial charge in [0.2, 0.25) is 0 Å². The summed E-state index contributed by atoms with van der Waals surface area (Å²) in [6.07, 6.45) is 2.15. The lowest BCUT2D eigenvalue weighted by molar-refractivity contribution is 0.0697. The van der Waals surface area contributed by atoms with Gasteiger partial charge >= 0.3 is 5.97 Å². The first-order chi connectivity index (χ1) is 7.99. The van der Waals surface area contributed by atoms with Crippen molar-refractivity contribution in [2.75, 3.05) is 11.9 Å². The third-order valence-electron chi connectivity index (χ3n) is 2.31. The number of hydrogen-bond acceptors (Lipinski definition) is 3. The van der Waals surface area contributed by atoms with Gasteiger partial charge in [-0.3, -0.25) is 0 Å². The molecule has 0 aromatic carbocycles. The van der Waals surface area contributed by atoms with Gasteiger partial charge in [-0.15, -0.1) is 0 Å². The average Bonchev–Trinajstić information content (AvgIpc) is 2.23. The molecule has 0 saturated heterocycles. The topological polar surface area (TPSA) is 62.2 Å². The highest BCUT2D eigenvalue weighted by Gasteiger charge is 2.07. The van der Waals surface area contributed by atoms with Gasteiger partial charge < -0.3 is 10.4 Å². The highest BCUT2D eigenvalue weighted by molar-refractivity contribution is 6.29. The third kappa shape index (κ3) is 5.04. The number of aromatic carboxylic acids is 1. The van der Waals surface area contributed by atoms with Gasteiger partial charge in [0.15, 0.2) is 0 Å². The number of rotatable bonds is 6. The number of carboxylic acids is 1. The number of halogens is 1. The van der Waals surface area contributed by atoms with Gasteiger partial charge in [0.1, 0.15) is 11.0 Å². The average molecular weight is 257 g/mol. The molecule has 0 aliphatic rings. The molecule has 2 N–H and O–H groups in total. The zero-order valence-electron chi connectivity index (χ0n) is 10.0. The first kappa shape index (κ1) is 13.8. The Hall–Kier alpha value is -1.29. The standard InChI is InChI=1S/C12H17ClN2O2/c1-8(2)4-3-5-14-11-7-9(12(16)17)6-10(13)15-11/h6-8H,3-5H2,1-2H3,(H,14,15)(H,16,17). The van der Waals surface area contributed by atoms with Gasteiger partial charge in [-0.1, -0.05) is 25.4 Å². The van der Waals surface area contributed by atoms with Crippen LogP contribution in [0.3, 0.4) is 0 Å². The van der Waals surface area contributed by atoms with Gasteiger partial charge in [-0.2, -0.15) is 0 Å². The molecule has 1 rings (SSSR count). The summed E-state index contributed by atoms with van der Waals surface area (Å²) in [6.45, 7) is 5.10. The van der Waals surface area contributed by atoms with E-state index in [1.807, 2.05) is 0 Å². The summed E-state index contributed by atoms with van der Waals surface area (Å²) in [7, 11) is 0. The third-order valence-corrected chi connectivity index (χ3v) is 2.50. The highest BCUT2D eigenvalue weighted by atomic mass is 35.5. The van der Waals surface area contributed by atoms with Crippen LogP contribution in [-0.4, -0.2) is 22.6 Å². The number of carbonyl (C=O) groups is 1. The Morgan fingerprint density at radius 1 is 1.53 bits per heavy atom. The quantitative estimate of drug-likeness (QED) is 0.606. The SMILES string of the molecule is CC(C)CCCNc1cc(C(=O)O)cc(Cl)n1. The largest absolute Gasteiger partial charge is 0.478 e. The van der Waals surface area contributed by atoms with Crippen molar-refractivity contribution in [3.8, 4) is 0 Å². The van der Waals surface area contributed by atoms with E-state index in [-0.39, 0.29) is 10.7 Å². The lowest BCUT2D eigenvalue weighted by Gasteiger charge is -2.08. The molecular weight excluding hydrogens is 240 g/mol. The number of nitrogens with one attached hydrogen (secondary N) is 1. The molecule has 0 aliphatic carbocycles. The van der Waals surface area contributed by atoms with Gasteiger partial charge in [-0.25, -0.2) is 9.78 Å². The van der Waals surface area contributed by atoms with Crippen molar-refractivity contribution in [2.24, 2.45) is 5.92 Å². The van der Waals surface area contributed by atoms with E-state index < -0.39 is 5.97 Å². The molecule has 0 radical (unpaired) electrons. The van der Waals surface area contributed by atoms with E-state index in [2.05, 4.69) is 24.1 Å². The molecule has 1 heterocycles. The van der Waals surface area contributed by atoms with Crippen molar-refractivity contribution in [2.45, 2.75) is 26.7 Å². The van der Waals surface area contributed by atoms with Crippen LogP contribution in [0.1, 0.15) is 37.0 Å². The minimum absolute atomic E-state index is 0.149. The van der Waals surface area contributed by atoms with Gasteiger partial charge in [0, 0.05) is 6.54 Å². The Kier molecular flexibility index (Phi) is 5.22. The molecule has 1 aromatic heterocycles. The second kappa shape index (κ2) is 6.45. The summed E-state index contributed by atoms with van der Waals surface area (Å²) in [5, 5.41) is 12.1. The zero-order chi connectivity index (χ0) is 12.8. The maximum atomic E-state index is 10.8. The van der Waals surface area contributed by atoms with E-state index in [9.17, 15) is 4.79 Å². The smallest absolute Gasteiger partial charge is 0.335 e. The van der Waals surface area contributed by atoms with Crippen molar-refractivity contribution in [3.05, 3.63) is 22.8 Å². The molecule has 0 aliphatic heterocycles. The van der Waals surface area contributed by atoms with Crippen LogP contribution in [0.25, 0.3) is 0 Å². The van der Waals surface area contributed by atoms with Crippen molar-refractivity contribution in [1.29, 1.82) is 0 Å². The minimum atomic E-state index is -1.00. The first-order valence-corrected chi connectivity index (χ1v) is 6.01. The minimum Gasteiger partial charge on any atom is -0.478 e. The molecule has 94 valence electrons. The monoisotopic (exact) mass is 256 g/mol. The summed E-state index contributed by atoms with van der Waals surface area (Å²) in [6, 6.07) is 2.83. The van der Waals surface area contributed by atoms with E-state index in [1.165, 1.54) is 12.1 Å². The highest BCUT2D eigenvalue weighted by Crippen LogP contribution is 2.15. The molecule has 0 amide bonds. The molecule has 17 heavy (non-hydrogen) atoms. The van der Waals surface area contributed by atoms with E-state index in [0.29, 0.717) is 11.7 Å². The first-order valence-electron chi connectivity index (χ1n) is 5.64. The van der Waals surface area contributed by atoms with Gasteiger partial charge in [-0.05, 0) is 30.9 Å². The Labute approximate surface area is 106 Å². The normalized spacial score (nSPS) is 10.6. The molecule has 4 nitrogen and oxygen atoms in total. The zero-order valence-corrected chi connectivity index (χ0v) is 10.8. The van der Waals surface area contributed by atoms with Crippen LogP contribution in [-0.2, 0) is 0 Å². The van der Waals surface area contributed by atoms with Crippen LogP contribution in [0.2, 0.25) is 5.15 Å². The molecule has 0 unspecified atom stereocenters. The van der Waals surface area contributed by atoms with E-state index >= 15 is 0 Å². The molecule has 1 aromatic rings. The summed E-state index contributed by atoms with van der Waals surface area (Å²) >= 11 is 5.74. The molecule has 0 fully saturated rings. The van der Waals surface area contributed by atoms with Crippen LogP contribution in [0, 0.1) is 5.92 Å². The van der Waals surface area contributed by atoms with Gasteiger partial charge in [0.25, 0.3) is 0 Å². The second-order valence-corrected chi connectivity index (χ2v) is 4.72. The van der Waals surface area contributed by atoms with Crippen LogP contribution < -0.4 is 5.32 Å². The predicted molar refractivity (Wildman–Crippen MR) is 68.8 cm³/mol. The number of pyridine rings is 1. The second-order valence-electron chi connectivity index (χ2n) is 4.33. The lowest BCUT2D eigenvalue weighted by atomic mass is 10.1. The lowest BCUT2D eigenvalue weighted by Crippen LogP contribution is -2.06. The molecule has 0 bridgehead atoms. The number of carboxylic acid groups (broad SMARTS) is 1. The van der Waals surface area contributed by atoms with Crippen LogP contribution >= 0.6 is 11.6 Å².